The van der Waals surface area contributed by atoms with Crippen LogP contribution in [-0.4, -0.2) is 75.6 Å². The summed E-state index contributed by atoms with van der Waals surface area (Å²) in [6.45, 7) is 10.6. The molecule has 1 fully saturated rings. The fraction of sp³-hybridized carbons (Fsp3) is 0.244. The van der Waals surface area contributed by atoms with Crippen molar-refractivity contribution in [2.45, 2.75) is 40.3 Å². The van der Waals surface area contributed by atoms with Gasteiger partial charge in [-0.3, -0.25) is 9.69 Å². The number of hydrogen-bond acceptors (Lipinski definition) is 8. The molecule has 0 radical (unpaired) electrons. The van der Waals surface area contributed by atoms with Gasteiger partial charge in [0.1, 0.15) is 23.9 Å². The summed E-state index contributed by atoms with van der Waals surface area (Å²) in [6, 6.07) is 30.2. The highest BCUT2D eigenvalue weighted by Gasteiger charge is 2.22. The first-order valence-corrected chi connectivity index (χ1v) is 19.0. The van der Waals surface area contributed by atoms with Crippen LogP contribution in [0.15, 0.2) is 109 Å². The van der Waals surface area contributed by atoms with Gasteiger partial charge in [-0.05, 0) is 97.1 Å². The Labute approximate surface area is 341 Å². The van der Waals surface area contributed by atoms with Crippen molar-refractivity contribution in [2.24, 2.45) is 0 Å². The molecule has 0 aliphatic carbocycles. The number of aliphatic carboxylic acids is 2. The van der Waals surface area contributed by atoms with Crippen molar-refractivity contribution in [2.75, 3.05) is 32.8 Å². The molecule has 0 atom stereocenters. The Bertz CT molecular complexity index is 2150. The fourth-order valence-corrected chi connectivity index (χ4v) is 6.31. The standard InChI is InChI=1S/C43H43ClFN3O4.C2H2O4/c1-30-4-6-35(7-5-30)29-51-39-16-17-41(46-27-39)52-42-31(2)24-36(26-40(42)44)25-32(3)43(49)48-21-19-47(20-22-48)28-34-10-8-33(9-11-34)18-23-50-38-14-12-37(45)13-15-38;3-1(4)2(5)6/h4-17,24-27H,18-23,28-29H2,1-3H3;(H,3,4)(H,5,6)/b32-25+;. The number of aromatic nitrogens is 1. The van der Waals surface area contributed by atoms with Gasteiger partial charge < -0.3 is 29.3 Å². The van der Waals surface area contributed by atoms with E-state index in [0.29, 0.717) is 60.0 Å². The molecule has 1 saturated heterocycles. The summed E-state index contributed by atoms with van der Waals surface area (Å²) in [5.74, 6) is -1.66. The van der Waals surface area contributed by atoms with Gasteiger partial charge in [0.25, 0.3) is 0 Å². The number of pyridine rings is 1. The first kappa shape index (κ1) is 42.9. The molecule has 4 aromatic carbocycles. The lowest BCUT2D eigenvalue weighted by atomic mass is 10.1. The first-order chi connectivity index (χ1) is 27.8. The van der Waals surface area contributed by atoms with Crippen molar-refractivity contribution in [3.63, 3.8) is 0 Å². The molecule has 1 amide bonds. The van der Waals surface area contributed by atoms with E-state index < -0.39 is 11.9 Å². The van der Waals surface area contributed by atoms with Crippen LogP contribution in [0.2, 0.25) is 5.02 Å². The maximum atomic E-state index is 13.4. The van der Waals surface area contributed by atoms with Crippen LogP contribution in [-0.2, 0) is 34.0 Å². The zero-order chi connectivity index (χ0) is 41.6. The second kappa shape index (κ2) is 20.8. The number of carbonyl (C=O) groups excluding carboxylic acids is 1. The summed E-state index contributed by atoms with van der Waals surface area (Å²) in [6.07, 6.45) is 4.28. The van der Waals surface area contributed by atoms with E-state index >= 15 is 0 Å². The minimum Gasteiger partial charge on any atom is -0.493 e. The van der Waals surface area contributed by atoms with E-state index in [2.05, 4.69) is 53.2 Å². The van der Waals surface area contributed by atoms with Crippen LogP contribution in [0.4, 0.5) is 4.39 Å². The average molecular weight is 810 g/mol. The Balaban J connectivity index is 0.000000992. The summed E-state index contributed by atoms with van der Waals surface area (Å²) >= 11 is 6.67. The second-order valence-corrected chi connectivity index (χ2v) is 14.1. The Morgan fingerprint density at radius 3 is 2.02 bits per heavy atom. The van der Waals surface area contributed by atoms with E-state index in [1.54, 1.807) is 24.4 Å². The van der Waals surface area contributed by atoms with Crippen LogP contribution >= 0.6 is 11.6 Å². The third-order valence-electron chi connectivity index (χ3n) is 9.16. The molecule has 58 heavy (non-hydrogen) atoms. The smallest absolute Gasteiger partial charge is 0.414 e. The molecule has 0 saturated carbocycles. The van der Waals surface area contributed by atoms with E-state index in [4.69, 9.17) is 45.6 Å². The lowest BCUT2D eigenvalue weighted by molar-refractivity contribution is -0.159. The minimum atomic E-state index is -1.82. The average Bonchev–Trinajstić information content (AvgIpc) is 3.21. The molecule has 2 heterocycles. The third-order valence-corrected chi connectivity index (χ3v) is 9.44. The van der Waals surface area contributed by atoms with E-state index in [1.807, 2.05) is 55.2 Å². The van der Waals surface area contributed by atoms with Crippen LogP contribution < -0.4 is 14.2 Å². The van der Waals surface area contributed by atoms with Crippen molar-refractivity contribution < 1.29 is 43.2 Å². The SMILES string of the molecule is C/C(=C\c1cc(C)c(Oc2ccc(OCc3ccc(C)cc3)cn2)c(Cl)c1)C(=O)N1CCN(Cc2ccc(CCOc3ccc(F)cc3)cc2)CC1.O=C(O)C(=O)O. The molecule has 0 spiro atoms. The molecule has 6 rings (SSSR count). The predicted molar refractivity (Wildman–Crippen MR) is 219 cm³/mol. The number of carboxylic acid groups (broad SMARTS) is 2. The number of ether oxygens (including phenoxy) is 3. The summed E-state index contributed by atoms with van der Waals surface area (Å²) in [5.41, 5.74) is 7.03. The van der Waals surface area contributed by atoms with Crippen LogP contribution in [0.25, 0.3) is 6.08 Å². The van der Waals surface area contributed by atoms with Gasteiger partial charge in [-0.25, -0.2) is 19.0 Å². The lowest BCUT2D eigenvalue weighted by Gasteiger charge is -2.35. The van der Waals surface area contributed by atoms with Gasteiger partial charge in [0.2, 0.25) is 11.8 Å². The van der Waals surface area contributed by atoms with Gasteiger partial charge in [-0.1, -0.05) is 65.7 Å². The molecule has 13 heteroatoms. The number of piperazine rings is 1. The molecule has 5 aromatic rings. The first-order valence-electron chi connectivity index (χ1n) is 18.6. The molecule has 0 unspecified atom stereocenters. The predicted octanol–water partition coefficient (Wildman–Crippen LogP) is 8.39. The van der Waals surface area contributed by atoms with Gasteiger partial charge in [0, 0.05) is 50.8 Å². The molecule has 302 valence electrons. The van der Waals surface area contributed by atoms with Gasteiger partial charge in [-0.15, -0.1) is 0 Å². The zero-order valence-corrected chi connectivity index (χ0v) is 33.2. The number of carboxylic acids is 2. The van der Waals surface area contributed by atoms with Crippen molar-refractivity contribution in [3.8, 4) is 23.1 Å². The normalized spacial score (nSPS) is 12.9. The summed E-state index contributed by atoms with van der Waals surface area (Å²) < 4.78 is 30.7. The number of halogens is 2. The van der Waals surface area contributed by atoms with Crippen molar-refractivity contribution >= 4 is 35.5 Å². The summed E-state index contributed by atoms with van der Waals surface area (Å²) in [4.78, 5) is 40.3. The molecule has 2 N–H and O–H groups in total. The lowest BCUT2D eigenvalue weighted by Crippen LogP contribution is -2.48. The van der Waals surface area contributed by atoms with Crippen molar-refractivity contribution in [1.82, 2.24) is 14.8 Å². The Morgan fingerprint density at radius 2 is 1.41 bits per heavy atom. The maximum Gasteiger partial charge on any atom is 0.414 e. The summed E-state index contributed by atoms with van der Waals surface area (Å²) in [7, 11) is 0. The molecular weight excluding hydrogens is 765 g/mol. The highest BCUT2D eigenvalue weighted by Crippen LogP contribution is 2.34. The Morgan fingerprint density at radius 1 is 0.793 bits per heavy atom. The molecular formula is C45H45ClFN3O8. The Kier molecular flexibility index (Phi) is 15.4. The topological polar surface area (TPSA) is 139 Å². The Hall–Kier alpha value is -6.24. The van der Waals surface area contributed by atoms with E-state index in [1.165, 1.54) is 28.8 Å². The van der Waals surface area contributed by atoms with Crippen molar-refractivity contribution in [3.05, 3.63) is 153 Å². The van der Waals surface area contributed by atoms with Crippen LogP contribution in [0.1, 0.15) is 40.3 Å². The van der Waals surface area contributed by atoms with Gasteiger partial charge in [0.05, 0.1) is 17.8 Å². The zero-order valence-electron chi connectivity index (χ0n) is 32.5. The number of aryl methyl sites for hydroxylation is 2. The molecule has 1 aliphatic heterocycles. The number of nitrogens with zero attached hydrogens (tertiary/aromatic N) is 3. The monoisotopic (exact) mass is 809 g/mol. The van der Waals surface area contributed by atoms with E-state index in [9.17, 15) is 9.18 Å². The quantitative estimate of drug-likeness (QED) is 0.0881. The van der Waals surface area contributed by atoms with E-state index in [-0.39, 0.29) is 11.7 Å². The number of amides is 1. The van der Waals surface area contributed by atoms with Crippen LogP contribution in [0.5, 0.6) is 23.1 Å². The van der Waals surface area contributed by atoms with Gasteiger partial charge in [0.15, 0.2) is 5.75 Å². The highest BCUT2D eigenvalue weighted by atomic mass is 35.5. The fourth-order valence-electron chi connectivity index (χ4n) is 6.00. The number of rotatable bonds is 13. The van der Waals surface area contributed by atoms with Crippen LogP contribution in [0.3, 0.4) is 0 Å². The summed E-state index contributed by atoms with van der Waals surface area (Å²) in [5, 5.41) is 15.2. The van der Waals surface area contributed by atoms with E-state index in [0.717, 1.165) is 42.7 Å². The molecule has 11 nitrogen and oxygen atoms in total. The second-order valence-electron chi connectivity index (χ2n) is 13.7. The number of carbonyl (C=O) groups is 3. The van der Waals surface area contributed by atoms with Gasteiger partial charge >= 0.3 is 11.9 Å². The minimum absolute atomic E-state index is 0.0230. The molecule has 1 aliphatic rings. The van der Waals surface area contributed by atoms with Crippen molar-refractivity contribution in [1.29, 1.82) is 0 Å². The third kappa shape index (κ3) is 13.2. The molecule has 1 aromatic heterocycles. The highest BCUT2D eigenvalue weighted by molar-refractivity contribution is 6.32. The maximum absolute atomic E-state index is 13.4. The largest absolute Gasteiger partial charge is 0.493 e. The van der Waals surface area contributed by atoms with Gasteiger partial charge in [-0.2, -0.15) is 0 Å². The molecule has 0 bridgehead atoms. The van der Waals surface area contributed by atoms with Crippen LogP contribution in [0, 0.1) is 19.7 Å². The number of hydrogen-bond donors (Lipinski definition) is 2. The number of benzene rings is 4.